The van der Waals surface area contributed by atoms with Crippen molar-refractivity contribution in [1.82, 2.24) is 5.32 Å². The molecular formula is C17H13FN2O3. The fourth-order valence-corrected chi connectivity index (χ4v) is 1.95. The SMILES string of the molecule is O=C(NCC#Cc1ccc(F)cc1)Nc1ccc2c(c1)OCO2. The summed E-state index contributed by atoms with van der Waals surface area (Å²) in [6.07, 6.45) is 0. The number of fused-ring (bicyclic) bond motifs is 1. The van der Waals surface area contributed by atoms with Crippen LogP contribution in [0.25, 0.3) is 0 Å². The first-order valence-electron chi connectivity index (χ1n) is 6.90. The Morgan fingerprint density at radius 3 is 2.74 bits per heavy atom. The van der Waals surface area contributed by atoms with Gasteiger partial charge in [-0.1, -0.05) is 11.8 Å². The maximum Gasteiger partial charge on any atom is 0.319 e. The molecule has 2 aromatic carbocycles. The summed E-state index contributed by atoms with van der Waals surface area (Å²) in [5.74, 6) is 6.56. The molecule has 2 N–H and O–H groups in total. The number of amides is 2. The Kier molecular flexibility index (Phi) is 4.29. The van der Waals surface area contributed by atoms with Crippen molar-refractivity contribution in [2.24, 2.45) is 0 Å². The van der Waals surface area contributed by atoms with Crippen LogP contribution in [0.3, 0.4) is 0 Å². The molecule has 6 heteroatoms. The lowest BCUT2D eigenvalue weighted by Gasteiger charge is -2.06. The van der Waals surface area contributed by atoms with Gasteiger partial charge < -0.3 is 20.1 Å². The summed E-state index contributed by atoms with van der Waals surface area (Å²) in [6.45, 7) is 0.359. The van der Waals surface area contributed by atoms with E-state index in [0.29, 0.717) is 22.7 Å². The van der Waals surface area contributed by atoms with Crippen molar-refractivity contribution < 1.29 is 18.7 Å². The molecule has 0 atom stereocenters. The van der Waals surface area contributed by atoms with E-state index < -0.39 is 0 Å². The van der Waals surface area contributed by atoms with E-state index in [2.05, 4.69) is 22.5 Å². The van der Waals surface area contributed by atoms with Crippen LogP contribution in [0.4, 0.5) is 14.9 Å². The van der Waals surface area contributed by atoms with E-state index >= 15 is 0 Å². The first-order chi connectivity index (χ1) is 11.2. The van der Waals surface area contributed by atoms with Crippen LogP contribution in [-0.4, -0.2) is 19.4 Å². The Bertz CT molecular complexity index is 779. The standard InChI is InChI=1S/C17H13FN2O3/c18-13-5-3-12(4-6-13)2-1-9-19-17(21)20-14-7-8-15-16(10-14)23-11-22-15/h3-8,10H,9,11H2,(H2,19,20,21). The Morgan fingerprint density at radius 2 is 1.91 bits per heavy atom. The number of carbonyl (C=O) groups excluding carboxylic acids is 1. The first-order valence-corrected chi connectivity index (χ1v) is 6.90. The Hall–Kier alpha value is -3.20. The van der Waals surface area contributed by atoms with Crippen LogP contribution < -0.4 is 20.1 Å². The topological polar surface area (TPSA) is 59.6 Å². The molecule has 0 aliphatic carbocycles. The van der Waals surface area contributed by atoms with Crippen molar-refractivity contribution in [2.45, 2.75) is 0 Å². The molecule has 2 aromatic rings. The number of benzene rings is 2. The highest BCUT2D eigenvalue weighted by atomic mass is 19.1. The number of nitrogens with one attached hydrogen (secondary N) is 2. The van der Waals surface area contributed by atoms with Crippen molar-refractivity contribution in [2.75, 3.05) is 18.7 Å². The molecule has 2 amide bonds. The fourth-order valence-electron chi connectivity index (χ4n) is 1.95. The van der Waals surface area contributed by atoms with E-state index in [9.17, 15) is 9.18 Å². The lowest BCUT2D eigenvalue weighted by atomic mass is 10.2. The molecule has 116 valence electrons. The second-order valence-electron chi connectivity index (χ2n) is 4.68. The zero-order valence-electron chi connectivity index (χ0n) is 12.1. The van der Waals surface area contributed by atoms with Crippen molar-refractivity contribution >= 4 is 11.7 Å². The summed E-state index contributed by atoms with van der Waals surface area (Å²) in [5.41, 5.74) is 1.28. The molecule has 1 aliphatic heterocycles. The van der Waals surface area contributed by atoms with Gasteiger partial charge >= 0.3 is 6.03 Å². The maximum atomic E-state index is 12.7. The number of hydrogen-bond donors (Lipinski definition) is 2. The highest BCUT2D eigenvalue weighted by molar-refractivity contribution is 5.89. The normalized spacial score (nSPS) is 11.3. The van der Waals surface area contributed by atoms with Gasteiger partial charge in [0.15, 0.2) is 11.5 Å². The summed E-state index contributed by atoms with van der Waals surface area (Å²) >= 11 is 0. The third-order valence-corrected chi connectivity index (χ3v) is 3.04. The van der Waals surface area contributed by atoms with Crippen molar-refractivity contribution in [3.63, 3.8) is 0 Å². The zero-order valence-corrected chi connectivity index (χ0v) is 12.1. The third kappa shape index (κ3) is 3.92. The summed E-state index contributed by atoms with van der Waals surface area (Å²) in [5, 5.41) is 5.29. The molecule has 0 unspecified atom stereocenters. The lowest BCUT2D eigenvalue weighted by molar-refractivity contribution is 0.174. The predicted octanol–water partition coefficient (Wildman–Crippen LogP) is 2.73. The van der Waals surface area contributed by atoms with Gasteiger partial charge in [-0.15, -0.1) is 0 Å². The van der Waals surface area contributed by atoms with E-state index in [1.54, 1.807) is 30.3 Å². The fraction of sp³-hybridized carbons (Fsp3) is 0.118. The summed E-state index contributed by atoms with van der Waals surface area (Å²) in [4.78, 5) is 11.8. The quantitative estimate of drug-likeness (QED) is 0.838. The molecule has 0 fully saturated rings. The van der Waals surface area contributed by atoms with E-state index in [-0.39, 0.29) is 25.2 Å². The molecule has 23 heavy (non-hydrogen) atoms. The molecular weight excluding hydrogens is 299 g/mol. The van der Waals surface area contributed by atoms with Crippen LogP contribution >= 0.6 is 0 Å². The van der Waals surface area contributed by atoms with E-state index in [0.717, 1.165) is 0 Å². The second-order valence-corrected chi connectivity index (χ2v) is 4.68. The third-order valence-electron chi connectivity index (χ3n) is 3.04. The molecule has 0 aromatic heterocycles. The van der Waals surface area contributed by atoms with E-state index in [4.69, 9.17) is 9.47 Å². The predicted molar refractivity (Wildman–Crippen MR) is 82.9 cm³/mol. The highest BCUT2D eigenvalue weighted by Crippen LogP contribution is 2.34. The molecule has 0 spiro atoms. The van der Waals surface area contributed by atoms with Gasteiger partial charge in [0.2, 0.25) is 6.79 Å². The molecule has 0 saturated carbocycles. The van der Waals surface area contributed by atoms with Crippen molar-refractivity contribution in [3.05, 3.63) is 53.8 Å². The number of ether oxygens (including phenoxy) is 2. The van der Waals surface area contributed by atoms with E-state index in [1.165, 1.54) is 12.1 Å². The Morgan fingerprint density at radius 1 is 1.13 bits per heavy atom. The maximum absolute atomic E-state index is 12.7. The molecule has 5 nitrogen and oxygen atoms in total. The smallest absolute Gasteiger partial charge is 0.319 e. The van der Waals surface area contributed by atoms with Crippen LogP contribution in [0.2, 0.25) is 0 Å². The number of carbonyl (C=O) groups is 1. The zero-order chi connectivity index (χ0) is 16.1. The number of rotatable bonds is 2. The summed E-state index contributed by atoms with van der Waals surface area (Å²) < 4.78 is 23.2. The van der Waals surface area contributed by atoms with Gasteiger partial charge in [0.1, 0.15) is 5.82 Å². The molecule has 1 aliphatic rings. The monoisotopic (exact) mass is 312 g/mol. The minimum Gasteiger partial charge on any atom is -0.454 e. The van der Waals surface area contributed by atoms with Crippen LogP contribution in [0.15, 0.2) is 42.5 Å². The number of halogens is 1. The first kappa shape index (κ1) is 14.7. The van der Waals surface area contributed by atoms with Crippen molar-refractivity contribution in [3.8, 4) is 23.3 Å². The minimum absolute atomic E-state index is 0.174. The van der Waals surface area contributed by atoms with Gasteiger partial charge in [0.05, 0.1) is 6.54 Å². The largest absolute Gasteiger partial charge is 0.454 e. The number of anilines is 1. The Balaban J connectivity index is 1.49. The highest BCUT2D eigenvalue weighted by Gasteiger charge is 2.13. The van der Waals surface area contributed by atoms with Crippen LogP contribution in [0.5, 0.6) is 11.5 Å². The molecule has 0 saturated heterocycles. The van der Waals surface area contributed by atoms with Gasteiger partial charge in [-0.2, -0.15) is 0 Å². The minimum atomic E-state index is -0.378. The van der Waals surface area contributed by atoms with Gasteiger partial charge in [-0.05, 0) is 36.4 Å². The van der Waals surface area contributed by atoms with Crippen LogP contribution in [0, 0.1) is 17.7 Å². The van der Waals surface area contributed by atoms with Crippen LogP contribution in [-0.2, 0) is 0 Å². The second kappa shape index (κ2) is 6.71. The number of urea groups is 1. The summed E-state index contributed by atoms with van der Waals surface area (Å²) in [7, 11) is 0. The van der Waals surface area contributed by atoms with Gasteiger partial charge in [0.25, 0.3) is 0 Å². The van der Waals surface area contributed by atoms with Crippen LogP contribution in [0.1, 0.15) is 5.56 Å². The lowest BCUT2D eigenvalue weighted by Crippen LogP contribution is -2.28. The van der Waals surface area contributed by atoms with Gasteiger partial charge in [-0.25, -0.2) is 9.18 Å². The summed E-state index contributed by atoms with van der Waals surface area (Å²) in [6, 6.07) is 10.6. The Labute approximate surface area is 132 Å². The average molecular weight is 312 g/mol. The van der Waals surface area contributed by atoms with Crippen molar-refractivity contribution in [1.29, 1.82) is 0 Å². The molecule has 0 radical (unpaired) electrons. The molecule has 3 rings (SSSR count). The average Bonchev–Trinajstić information content (AvgIpc) is 3.01. The van der Waals surface area contributed by atoms with Gasteiger partial charge in [-0.3, -0.25) is 0 Å². The molecule has 1 heterocycles. The van der Waals surface area contributed by atoms with E-state index in [1.807, 2.05) is 0 Å². The molecule has 0 bridgehead atoms. The van der Waals surface area contributed by atoms with Gasteiger partial charge in [0, 0.05) is 17.3 Å². The number of hydrogen-bond acceptors (Lipinski definition) is 3.